The van der Waals surface area contributed by atoms with Crippen LogP contribution in [0.2, 0.25) is 0 Å². The maximum atomic E-state index is 10.9. The molecule has 0 aliphatic carbocycles. The van der Waals surface area contributed by atoms with Crippen LogP contribution in [0, 0.1) is 0 Å². The molecule has 0 saturated heterocycles. The van der Waals surface area contributed by atoms with Crippen molar-refractivity contribution in [3.63, 3.8) is 0 Å². The number of hydrogen-bond acceptors (Lipinski definition) is 2. The summed E-state index contributed by atoms with van der Waals surface area (Å²) >= 11 is 0. The summed E-state index contributed by atoms with van der Waals surface area (Å²) in [5, 5.41) is 5.16. The van der Waals surface area contributed by atoms with Gasteiger partial charge in [0.25, 0.3) is 0 Å². The van der Waals surface area contributed by atoms with Gasteiger partial charge in [0.2, 0.25) is 0 Å². The van der Waals surface area contributed by atoms with Gasteiger partial charge in [0.05, 0.1) is 0 Å². The molecule has 0 aromatic heterocycles. The summed E-state index contributed by atoms with van der Waals surface area (Å²) in [5.74, 6) is 0.740. The molecule has 2 N–H and O–H groups in total. The van der Waals surface area contributed by atoms with Crippen molar-refractivity contribution in [1.29, 1.82) is 0 Å². The van der Waals surface area contributed by atoms with Gasteiger partial charge in [0.1, 0.15) is 5.75 Å². The highest BCUT2D eigenvalue weighted by Crippen LogP contribution is 2.06. The van der Waals surface area contributed by atoms with Crippen molar-refractivity contribution in [2.24, 2.45) is 0 Å². The zero-order chi connectivity index (χ0) is 10.2. The maximum Gasteiger partial charge on any atom is 0.317 e. The van der Waals surface area contributed by atoms with E-state index in [2.05, 4.69) is 10.6 Å². The normalized spacial score (nSPS) is 9.21. The molecule has 0 aliphatic heterocycles. The van der Waals surface area contributed by atoms with Gasteiger partial charge in [-0.05, 0) is 19.1 Å². The van der Waals surface area contributed by atoms with Gasteiger partial charge in [-0.3, -0.25) is 0 Å². The smallest absolute Gasteiger partial charge is 0.317 e. The van der Waals surface area contributed by atoms with Crippen LogP contribution in [0.3, 0.4) is 0 Å². The molecule has 0 saturated carbocycles. The third-order valence-corrected chi connectivity index (χ3v) is 1.55. The Balaban J connectivity index is 2.19. The van der Waals surface area contributed by atoms with E-state index >= 15 is 0 Å². The predicted molar refractivity (Wildman–Crippen MR) is 54.1 cm³/mol. The van der Waals surface area contributed by atoms with E-state index < -0.39 is 0 Å². The topological polar surface area (TPSA) is 50.4 Å². The molecule has 0 spiro atoms. The average Bonchev–Trinajstić information content (AvgIpc) is 2.20. The molecule has 0 fully saturated rings. The highest BCUT2D eigenvalue weighted by Gasteiger charge is 1.96. The summed E-state index contributed by atoms with van der Waals surface area (Å²) in [4.78, 5) is 10.9. The molecule has 0 heterocycles. The number of amides is 2. The van der Waals surface area contributed by atoms with Gasteiger partial charge in [-0.25, -0.2) is 4.79 Å². The monoisotopic (exact) mass is 194 g/mol. The van der Waals surface area contributed by atoms with Gasteiger partial charge in [-0.15, -0.1) is 0 Å². The number of urea groups is 1. The Morgan fingerprint density at radius 2 is 2.00 bits per heavy atom. The van der Waals surface area contributed by atoms with Gasteiger partial charge < -0.3 is 15.4 Å². The molecule has 1 aromatic carbocycles. The number of nitrogens with one attached hydrogen (secondary N) is 2. The second-order valence-corrected chi connectivity index (χ2v) is 2.64. The molecule has 4 nitrogen and oxygen atoms in total. The second kappa shape index (κ2) is 5.85. The van der Waals surface area contributed by atoms with E-state index in [1.165, 1.54) is 0 Å². The Kier molecular flexibility index (Phi) is 4.34. The van der Waals surface area contributed by atoms with Gasteiger partial charge >= 0.3 is 6.03 Å². The Bertz CT molecular complexity index is 275. The number of benzene rings is 1. The van der Waals surface area contributed by atoms with Gasteiger partial charge in [0.15, 0.2) is 6.73 Å². The molecular formula is C10H14N2O2. The Labute approximate surface area is 83.3 Å². The van der Waals surface area contributed by atoms with Crippen molar-refractivity contribution in [2.75, 3.05) is 13.3 Å². The molecule has 1 aromatic rings. The van der Waals surface area contributed by atoms with Crippen molar-refractivity contribution < 1.29 is 9.53 Å². The third kappa shape index (κ3) is 3.80. The Hall–Kier alpha value is -1.71. The molecule has 1 rings (SSSR count). The van der Waals surface area contributed by atoms with Crippen molar-refractivity contribution in [1.82, 2.24) is 10.6 Å². The molecule has 0 radical (unpaired) electrons. The highest BCUT2D eigenvalue weighted by molar-refractivity contribution is 5.73. The third-order valence-electron chi connectivity index (χ3n) is 1.55. The SMILES string of the molecule is CCNC(=O)NCOc1ccccc1. The lowest BCUT2D eigenvalue weighted by molar-refractivity contribution is 0.224. The van der Waals surface area contributed by atoms with Gasteiger partial charge in [-0.2, -0.15) is 0 Å². The first-order chi connectivity index (χ1) is 6.83. The number of rotatable bonds is 4. The maximum absolute atomic E-state index is 10.9. The van der Waals surface area contributed by atoms with Crippen LogP contribution in [0.1, 0.15) is 6.92 Å². The molecular weight excluding hydrogens is 180 g/mol. The molecule has 0 bridgehead atoms. The Morgan fingerprint density at radius 3 is 2.64 bits per heavy atom. The standard InChI is InChI=1S/C10H14N2O2/c1-2-11-10(13)12-8-14-9-6-4-3-5-7-9/h3-7H,2,8H2,1H3,(H2,11,12,13). The number of carbonyl (C=O) groups excluding carboxylic acids is 1. The fourth-order valence-electron chi connectivity index (χ4n) is 0.925. The first kappa shape index (κ1) is 10.4. The van der Waals surface area contributed by atoms with E-state index in [1.807, 2.05) is 37.3 Å². The summed E-state index contributed by atoms with van der Waals surface area (Å²) in [6.07, 6.45) is 0. The lowest BCUT2D eigenvalue weighted by Crippen LogP contribution is -2.37. The van der Waals surface area contributed by atoms with E-state index in [1.54, 1.807) is 0 Å². The van der Waals surface area contributed by atoms with E-state index in [-0.39, 0.29) is 12.8 Å². The number of hydrogen-bond donors (Lipinski definition) is 2. The van der Waals surface area contributed by atoms with E-state index in [0.29, 0.717) is 6.54 Å². The van der Waals surface area contributed by atoms with Crippen molar-refractivity contribution >= 4 is 6.03 Å². The van der Waals surface area contributed by atoms with Gasteiger partial charge in [0, 0.05) is 6.54 Å². The lowest BCUT2D eigenvalue weighted by atomic mass is 10.3. The fraction of sp³-hybridized carbons (Fsp3) is 0.300. The zero-order valence-corrected chi connectivity index (χ0v) is 8.12. The van der Waals surface area contributed by atoms with E-state index in [4.69, 9.17) is 4.74 Å². The molecule has 0 aliphatic rings. The fourth-order valence-corrected chi connectivity index (χ4v) is 0.925. The van der Waals surface area contributed by atoms with Crippen LogP contribution >= 0.6 is 0 Å². The average molecular weight is 194 g/mol. The largest absolute Gasteiger partial charge is 0.473 e. The lowest BCUT2D eigenvalue weighted by Gasteiger charge is -2.07. The quantitative estimate of drug-likeness (QED) is 0.711. The van der Waals surface area contributed by atoms with Crippen LogP contribution in [-0.4, -0.2) is 19.3 Å². The summed E-state index contributed by atoms with van der Waals surface area (Å²) in [6.45, 7) is 2.64. The molecule has 2 amide bonds. The predicted octanol–water partition coefficient (Wildman–Crippen LogP) is 1.34. The van der Waals surface area contributed by atoms with E-state index in [0.717, 1.165) is 5.75 Å². The van der Waals surface area contributed by atoms with E-state index in [9.17, 15) is 4.79 Å². The first-order valence-electron chi connectivity index (χ1n) is 4.52. The van der Waals surface area contributed by atoms with Crippen molar-refractivity contribution in [2.45, 2.75) is 6.92 Å². The minimum atomic E-state index is -0.219. The van der Waals surface area contributed by atoms with Crippen LogP contribution in [0.15, 0.2) is 30.3 Å². The van der Waals surface area contributed by atoms with Crippen molar-refractivity contribution in [3.05, 3.63) is 30.3 Å². The molecule has 76 valence electrons. The molecule has 0 unspecified atom stereocenters. The summed E-state index contributed by atoms with van der Waals surface area (Å²) in [5.41, 5.74) is 0. The number of ether oxygens (including phenoxy) is 1. The van der Waals surface area contributed by atoms with Crippen LogP contribution in [0.4, 0.5) is 4.79 Å². The van der Waals surface area contributed by atoms with Crippen molar-refractivity contribution in [3.8, 4) is 5.75 Å². The Morgan fingerprint density at radius 1 is 1.29 bits per heavy atom. The number of carbonyl (C=O) groups is 1. The van der Waals surface area contributed by atoms with Crippen LogP contribution in [-0.2, 0) is 0 Å². The minimum Gasteiger partial charge on any atom is -0.473 e. The summed E-state index contributed by atoms with van der Waals surface area (Å²) in [7, 11) is 0. The molecule has 0 atom stereocenters. The number of para-hydroxylation sites is 1. The second-order valence-electron chi connectivity index (χ2n) is 2.64. The van der Waals surface area contributed by atoms with Crippen LogP contribution in [0.25, 0.3) is 0 Å². The zero-order valence-electron chi connectivity index (χ0n) is 8.12. The summed E-state index contributed by atoms with van der Waals surface area (Å²) < 4.78 is 5.25. The van der Waals surface area contributed by atoms with Gasteiger partial charge in [-0.1, -0.05) is 18.2 Å². The molecule has 4 heteroatoms. The highest BCUT2D eigenvalue weighted by atomic mass is 16.5. The van der Waals surface area contributed by atoms with Crippen LogP contribution < -0.4 is 15.4 Å². The minimum absolute atomic E-state index is 0.176. The summed E-state index contributed by atoms with van der Waals surface area (Å²) in [6, 6.07) is 9.11. The first-order valence-corrected chi connectivity index (χ1v) is 4.52. The van der Waals surface area contributed by atoms with Crippen LogP contribution in [0.5, 0.6) is 5.75 Å². The molecule has 14 heavy (non-hydrogen) atoms.